The Morgan fingerprint density at radius 2 is 0.646 bits per heavy atom. The van der Waals surface area contributed by atoms with E-state index in [1.165, 1.54) is 87.4 Å². The van der Waals surface area contributed by atoms with E-state index in [2.05, 4.69) is 248 Å². The standard InChI is InChI=1S/C63H60N2/c1-39(2)44-19-25-52(26-20-44)64(54-29-23-48-33-46(41(5)6)15-17-50(48)35-54)62-37-60-57-31-14-43(9)32-61(57)63(38-59(60)56-12-10-11-13-58(56)62)65(53-27-21-45(22-28-53)40(3)4)55-30-24-49-34-47(42(7)8)16-18-51(49)36-55/h10-42H,1-9H3. The summed E-state index contributed by atoms with van der Waals surface area (Å²) in [6.45, 7) is 20.4. The summed E-state index contributed by atoms with van der Waals surface area (Å²) in [5.74, 6) is 1.83. The van der Waals surface area contributed by atoms with Crippen molar-refractivity contribution in [3.63, 3.8) is 0 Å². The number of hydrogen-bond acceptors (Lipinski definition) is 2. The molecule has 0 atom stereocenters. The molecule has 0 N–H and O–H groups in total. The van der Waals surface area contributed by atoms with Gasteiger partial charge in [-0.15, -0.1) is 0 Å². The first-order valence-corrected chi connectivity index (χ1v) is 23.7. The number of hydrogen-bond donors (Lipinski definition) is 0. The maximum absolute atomic E-state index is 2.49. The number of benzene rings is 10. The maximum atomic E-state index is 2.49. The summed E-state index contributed by atoms with van der Waals surface area (Å²) in [6.07, 6.45) is 0. The molecule has 0 aliphatic carbocycles. The van der Waals surface area contributed by atoms with Crippen molar-refractivity contribution in [2.24, 2.45) is 0 Å². The number of nitrogens with zero attached hydrogens (tertiary/aromatic N) is 2. The molecule has 0 aliphatic rings. The lowest BCUT2D eigenvalue weighted by atomic mass is 9.92. The summed E-state index contributed by atoms with van der Waals surface area (Å²) >= 11 is 0. The lowest BCUT2D eigenvalue weighted by molar-refractivity contribution is 0.866. The number of aryl methyl sites for hydroxylation is 1. The van der Waals surface area contributed by atoms with E-state index in [0.717, 1.165) is 28.4 Å². The highest BCUT2D eigenvalue weighted by Gasteiger charge is 2.23. The Balaban J connectivity index is 1.25. The molecule has 0 saturated heterocycles. The predicted octanol–water partition coefficient (Wildman–Crippen LogP) is 19.2. The Hall–Kier alpha value is -6.90. The topological polar surface area (TPSA) is 6.48 Å². The van der Waals surface area contributed by atoms with Gasteiger partial charge in [-0.05, 0) is 163 Å². The van der Waals surface area contributed by atoms with Gasteiger partial charge in [0.05, 0.1) is 11.4 Å². The second-order valence-corrected chi connectivity index (χ2v) is 19.5. The van der Waals surface area contributed by atoms with E-state index in [0.29, 0.717) is 23.7 Å². The summed E-state index contributed by atoms with van der Waals surface area (Å²) in [7, 11) is 0. The van der Waals surface area contributed by atoms with Crippen LogP contribution in [0, 0.1) is 6.92 Å². The lowest BCUT2D eigenvalue weighted by Gasteiger charge is -2.30. The average Bonchev–Trinajstić information content (AvgIpc) is 3.31. The highest BCUT2D eigenvalue weighted by molar-refractivity contribution is 6.24. The zero-order valence-corrected chi connectivity index (χ0v) is 39.4. The summed E-state index contributed by atoms with van der Waals surface area (Å²) in [6, 6.07) is 67.3. The minimum Gasteiger partial charge on any atom is -0.310 e. The maximum Gasteiger partial charge on any atom is 0.0546 e. The molecule has 322 valence electrons. The average molecular weight is 845 g/mol. The SMILES string of the molecule is Cc1ccc2c(c1)c(N(c1ccc(C(C)C)cc1)c1ccc3cc(C(C)C)ccc3c1)cc1c3ccccc3c(N(c3ccc(C(C)C)cc3)c3ccc4cc(C(C)C)ccc4c3)cc21. The Morgan fingerprint density at radius 3 is 1.11 bits per heavy atom. The largest absolute Gasteiger partial charge is 0.310 e. The molecule has 0 radical (unpaired) electrons. The van der Waals surface area contributed by atoms with Gasteiger partial charge < -0.3 is 9.80 Å². The van der Waals surface area contributed by atoms with Crippen LogP contribution in [0.2, 0.25) is 0 Å². The van der Waals surface area contributed by atoms with Crippen molar-refractivity contribution in [2.75, 3.05) is 9.80 Å². The molecule has 2 heteroatoms. The summed E-state index contributed by atoms with van der Waals surface area (Å²) in [4.78, 5) is 4.98. The van der Waals surface area contributed by atoms with Crippen molar-refractivity contribution in [3.05, 3.63) is 204 Å². The fourth-order valence-electron chi connectivity index (χ4n) is 9.82. The van der Waals surface area contributed by atoms with Crippen LogP contribution in [-0.4, -0.2) is 0 Å². The van der Waals surface area contributed by atoms with Crippen molar-refractivity contribution in [1.82, 2.24) is 0 Å². The molecule has 0 aliphatic heterocycles. The van der Waals surface area contributed by atoms with Crippen LogP contribution in [0.4, 0.5) is 34.1 Å². The number of rotatable bonds is 10. The monoisotopic (exact) mass is 844 g/mol. The molecule has 0 unspecified atom stereocenters. The normalized spacial score (nSPS) is 12.0. The van der Waals surface area contributed by atoms with E-state index in [-0.39, 0.29) is 0 Å². The molecule has 2 nitrogen and oxygen atoms in total. The van der Waals surface area contributed by atoms with E-state index < -0.39 is 0 Å². The fraction of sp³-hybridized carbons (Fsp3) is 0.206. The molecule has 65 heavy (non-hydrogen) atoms. The molecule has 0 spiro atoms. The van der Waals surface area contributed by atoms with Gasteiger partial charge in [0.15, 0.2) is 0 Å². The van der Waals surface area contributed by atoms with E-state index in [1.54, 1.807) is 0 Å². The van der Waals surface area contributed by atoms with Crippen LogP contribution in [0.15, 0.2) is 176 Å². The van der Waals surface area contributed by atoms with Crippen LogP contribution in [0.5, 0.6) is 0 Å². The van der Waals surface area contributed by atoms with Gasteiger partial charge in [-0.2, -0.15) is 0 Å². The molecule has 10 aromatic rings. The van der Waals surface area contributed by atoms with E-state index in [9.17, 15) is 0 Å². The van der Waals surface area contributed by atoms with E-state index >= 15 is 0 Å². The van der Waals surface area contributed by atoms with E-state index in [4.69, 9.17) is 0 Å². The van der Waals surface area contributed by atoms with Crippen molar-refractivity contribution in [1.29, 1.82) is 0 Å². The van der Waals surface area contributed by atoms with Crippen molar-refractivity contribution in [2.45, 2.75) is 86.0 Å². The van der Waals surface area contributed by atoms with Gasteiger partial charge in [-0.1, -0.05) is 170 Å². The Morgan fingerprint density at radius 1 is 0.277 bits per heavy atom. The molecule has 10 aromatic carbocycles. The minimum absolute atomic E-state index is 0.443. The minimum atomic E-state index is 0.443. The van der Waals surface area contributed by atoms with Crippen molar-refractivity contribution >= 4 is 88.0 Å². The predicted molar refractivity (Wildman–Crippen MR) is 284 cm³/mol. The molecule has 0 heterocycles. The van der Waals surface area contributed by atoms with E-state index in [1.807, 2.05) is 0 Å². The molecule has 0 fully saturated rings. The van der Waals surface area contributed by atoms with Gasteiger partial charge in [-0.3, -0.25) is 0 Å². The molecule has 0 bridgehead atoms. The van der Waals surface area contributed by atoms with Crippen LogP contribution < -0.4 is 9.80 Å². The van der Waals surface area contributed by atoms with Gasteiger partial charge in [0.25, 0.3) is 0 Å². The second kappa shape index (κ2) is 16.9. The van der Waals surface area contributed by atoms with Crippen LogP contribution in [0.1, 0.15) is 107 Å². The smallest absolute Gasteiger partial charge is 0.0546 e. The number of fused-ring (bicyclic) bond motifs is 7. The van der Waals surface area contributed by atoms with Crippen LogP contribution in [0.25, 0.3) is 53.9 Å². The molecular weight excluding hydrogens is 785 g/mol. The first-order chi connectivity index (χ1) is 31.4. The second-order valence-electron chi connectivity index (χ2n) is 19.5. The van der Waals surface area contributed by atoms with Crippen LogP contribution >= 0.6 is 0 Å². The van der Waals surface area contributed by atoms with Gasteiger partial charge in [0, 0.05) is 33.5 Å². The van der Waals surface area contributed by atoms with Crippen LogP contribution in [-0.2, 0) is 0 Å². The fourth-order valence-corrected chi connectivity index (χ4v) is 9.82. The highest BCUT2D eigenvalue weighted by Crippen LogP contribution is 2.48. The summed E-state index contributed by atoms with van der Waals surface area (Å²) < 4.78 is 0. The molecule has 10 rings (SSSR count). The van der Waals surface area contributed by atoms with Gasteiger partial charge in [-0.25, -0.2) is 0 Å². The summed E-state index contributed by atoms with van der Waals surface area (Å²) in [5.41, 5.74) is 13.5. The van der Waals surface area contributed by atoms with Gasteiger partial charge in [0.2, 0.25) is 0 Å². The summed E-state index contributed by atoms with van der Waals surface area (Å²) in [5, 5.41) is 12.4. The first kappa shape index (κ1) is 42.1. The van der Waals surface area contributed by atoms with Crippen LogP contribution in [0.3, 0.4) is 0 Å². The first-order valence-electron chi connectivity index (χ1n) is 23.7. The number of anilines is 6. The molecule has 0 aromatic heterocycles. The van der Waals surface area contributed by atoms with Crippen molar-refractivity contribution in [3.8, 4) is 0 Å². The van der Waals surface area contributed by atoms with Gasteiger partial charge >= 0.3 is 0 Å². The quantitative estimate of drug-likeness (QED) is 0.127. The van der Waals surface area contributed by atoms with Crippen molar-refractivity contribution < 1.29 is 0 Å². The highest BCUT2D eigenvalue weighted by atomic mass is 15.2. The third-order valence-corrected chi connectivity index (χ3v) is 13.7. The Bertz CT molecular complexity index is 3390. The third kappa shape index (κ3) is 7.80. The third-order valence-electron chi connectivity index (χ3n) is 13.7. The zero-order chi connectivity index (χ0) is 45.1. The molecule has 0 saturated carbocycles. The zero-order valence-electron chi connectivity index (χ0n) is 39.4. The molecular formula is C63H60N2. The van der Waals surface area contributed by atoms with Gasteiger partial charge in [0.1, 0.15) is 0 Å². The Labute approximate surface area is 385 Å². The Kier molecular flexibility index (Phi) is 10.9. The lowest BCUT2D eigenvalue weighted by Crippen LogP contribution is -2.12. The molecule has 0 amide bonds.